The van der Waals surface area contributed by atoms with E-state index in [0.29, 0.717) is 11.4 Å². The summed E-state index contributed by atoms with van der Waals surface area (Å²) in [4.78, 5) is 26.0. The van der Waals surface area contributed by atoms with E-state index in [1.165, 1.54) is 11.9 Å². The van der Waals surface area contributed by atoms with Gasteiger partial charge in [-0.2, -0.15) is 13.2 Å². The standard InChI is InChI=1S/C19H17F3N2O4/c1-23-18(26)16-10-24(14-4-2-3-5-15(14)28-16)17(25)11-27-13-8-6-12(7-9-13)19(20,21)22/h2-9,16H,10-11H2,1H3,(H,23,26)/t16-/m1/s1. The first-order valence-corrected chi connectivity index (χ1v) is 8.37. The summed E-state index contributed by atoms with van der Waals surface area (Å²) in [5.41, 5.74) is -0.314. The summed E-state index contributed by atoms with van der Waals surface area (Å²) >= 11 is 0. The minimum atomic E-state index is -4.44. The van der Waals surface area contributed by atoms with Gasteiger partial charge in [0.25, 0.3) is 11.8 Å². The molecule has 1 aliphatic rings. The minimum Gasteiger partial charge on any atom is -0.484 e. The van der Waals surface area contributed by atoms with Crippen LogP contribution in [0.2, 0.25) is 0 Å². The fraction of sp³-hybridized carbons (Fsp3) is 0.263. The lowest BCUT2D eigenvalue weighted by Gasteiger charge is -2.33. The summed E-state index contributed by atoms with van der Waals surface area (Å²) < 4.78 is 48.8. The molecule has 0 aliphatic carbocycles. The zero-order chi connectivity index (χ0) is 20.3. The number of rotatable bonds is 4. The molecule has 0 saturated heterocycles. The first-order chi connectivity index (χ1) is 13.3. The molecule has 2 aromatic rings. The summed E-state index contributed by atoms with van der Waals surface area (Å²) in [7, 11) is 1.46. The molecule has 6 nitrogen and oxygen atoms in total. The van der Waals surface area contributed by atoms with Crippen molar-refractivity contribution in [2.24, 2.45) is 0 Å². The van der Waals surface area contributed by atoms with Crippen molar-refractivity contribution in [1.82, 2.24) is 5.32 Å². The summed E-state index contributed by atoms with van der Waals surface area (Å²) in [5.74, 6) is -0.323. The Balaban J connectivity index is 1.71. The van der Waals surface area contributed by atoms with Crippen molar-refractivity contribution in [3.05, 3.63) is 54.1 Å². The van der Waals surface area contributed by atoms with Gasteiger partial charge in [-0.25, -0.2) is 0 Å². The Morgan fingerprint density at radius 2 is 1.86 bits per heavy atom. The molecule has 9 heteroatoms. The van der Waals surface area contributed by atoms with Gasteiger partial charge < -0.3 is 19.7 Å². The van der Waals surface area contributed by atoms with Crippen LogP contribution < -0.4 is 19.7 Å². The number of ether oxygens (including phenoxy) is 2. The summed E-state index contributed by atoms with van der Waals surface area (Å²) in [6.07, 6.45) is -5.32. The quantitative estimate of drug-likeness (QED) is 0.866. The first kappa shape index (κ1) is 19.5. The molecule has 0 bridgehead atoms. The maximum absolute atomic E-state index is 12.7. The summed E-state index contributed by atoms with van der Waals surface area (Å²) in [6.45, 7) is -0.411. The number of hydrogen-bond donors (Lipinski definition) is 1. The van der Waals surface area contributed by atoms with Crippen LogP contribution in [-0.4, -0.2) is 38.1 Å². The Morgan fingerprint density at radius 3 is 2.50 bits per heavy atom. The SMILES string of the molecule is CNC(=O)[C@H]1CN(C(=O)COc2ccc(C(F)(F)F)cc2)c2ccccc2O1. The van der Waals surface area contributed by atoms with Crippen LogP contribution in [0.4, 0.5) is 18.9 Å². The Hall–Kier alpha value is -3.23. The number of nitrogens with zero attached hydrogens (tertiary/aromatic N) is 1. The Morgan fingerprint density at radius 1 is 1.18 bits per heavy atom. The fourth-order valence-electron chi connectivity index (χ4n) is 2.73. The second-order valence-electron chi connectivity index (χ2n) is 6.00. The second kappa shape index (κ2) is 7.79. The van der Waals surface area contributed by atoms with Gasteiger partial charge in [0.2, 0.25) is 0 Å². The van der Waals surface area contributed by atoms with Crippen molar-refractivity contribution in [1.29, 1.82) is 0 Å². The number of likely N-dealkylation sites (N-methyl/N-ethyl adjacent to an activating group) is 1. The highest BCUT2D eigenvalue weighted by Crippen LogP contribution is 2.33. The van der Waals surface area contributed by atoms with Gasteiger partial charge in [0.1, 0.15) is 11.5 Å². The number of hydrogen-bond acceptors (Lipinski definition) is 4. The van der Waals surface area contributed by atoms with Crippen molar-refractivity contribution < 1.29 is 32.2 Å². The Labute approximate surface area is 158 Å². The highest BCUT2D eigenvalue weighted by molar-refractivity contribution is 5.98. The van der Waals surface area contributed by atoms with E-state index in [2.05, 4.69) is 5.32 Å². The number of halogens is 3. The average Bonchev–Trinajstić information content (AvgIpc) is 2.70. The van der Waals surface area contributed by atoms with E-state index >= 15 is 0 Å². The topological polar surface area (TPSA) is 67.9 Å². The first-order valence-electron chi connectivity index (χ1n) is 8.37. The van der Waals surface area contributed by atoms with Crippen molar-refractivity contribution in [3.63, 3.8) is 0 Å². The number of nitrogens with one attached hydrogen (secondary N) is 1. The van der Waals surface area contributed by atoms with Crippen molar-refractivity contribution >= 4 is 17.5 Å². The second-order valence-corrected chi connectivity index (χ2v) is 6.00. The van der Waals surface area contributed by atoms with E-state index in [-0.39, 0.29) is 18.2 Å². The lowest BCUT2D eigenvalue weighted by Crippen LogP contribution is -2.51. The van der Waals surface area contributed by atoms with Crippen LogP contribution in [0.3, 0.4) is 0 Å². The zero-order valence-electron chi connectivity index (χ0n) is 14.8. The Kier molecular flexibility index (Phi) is 5.43. The molecule has 1 N–H and O–H groups in total. The Bertz CT molecular complexity index is 868. The van der Waals surface area contributed by atoms with E-state index in [1.807, 2.05) is 0 Å². The van der Waals surface area contributed by atoms with Crippen molar-refractivity contribution in [2.75, 3.05) is 25.1 Å². The monoisotopic (exact) mass is 394 g/mol. The van der Waals surface area contributed by atoms with Gasteiger partial charge in [0.05, 0.1) is 17.8 Å². The van der Waals surface area contributed by atoms with E-state index in [4.69, 9.17) is 9.47 Å². The van der Waals surface area contributed by atoms with Gasteiger partial charge in [-0.05, 0) is 36.4 Å². The van der Waals surface area contributed by atoms with E-state index in [0.717, 1.165) is 24.3 Å². The number of carbonyl (C=O) groups is 2. The molecule has 2 amide bonds. The molecule has 0 radical (unpaired) electrons. The van der Waals surface area contributed by atoms with Gasteiger partial charge >= 0.3 is 6.18 Å². The summed E-state index contributed by atoms with van der Waals surface area (Å²) in [6, 6.07) is 10.8. The third-order valence-corrected chi connectivity index (χ3v) is 4.16. The molecule has 2 aromatic carbocycles. The highest BCUT2D eigenvalue weighted by atomic mass is 19.4. The number of para-hydroxylation sites is 2. The molecule has 1 aliphatic heterocycles. The van der Waals surface area contributed by atoms with E-state index < -0.39 is 30.4 Å². The molecule has 0 saturated carbocycles. The predicted molar refractivity (Wildman–Crippen MR) is 94.2 cm³/mol. The number of alkyl halides is 3. The maximum Gasteiger partial charge on any atom is 0.416 e. The van der Waals surface area contributed by atoms with Gasteiger partial charge in [-0.15, -0.1) is 0 Å². The third kappa shape index (κ3) is 4.19. The van der Waals surface area contributed by atoms with Crippen LogP contribution in [0.25, 0.3) is 0 Å². The third-order valence-electron chi connectivity index (χ3n) is 4.16. The molecular weight excluding hydrogens is 377 g/mol. The molecule has 148 valence electrons. The van der Waals surface area contributed by atoms with Crippen molar-refractivity contribution in [2.45, 2.75) is 12.3 Å². The van der Waals surface area contributed by atoms with Gasteiger partial charge in [-0.3, -0.25) is 9.59 Å². The van der Waals surface area contributed by atoms with Crippen LogP contribution in [0.5, 0.6) is 11.5 Å². The van der Waals surface area contributed by atoms with Crippen LogP contribution in [0.15, 0.2) is 48.5 Å². The number of fused-ring (bicyclic) bond motifs is 1. The average molecular weight is 394 g/mol. The maximum atomic E-state index is 12.7. The van der Waals surface area contributed by atoms with E-state index in [9.17, 15) is 22.8 Å². The molecule has 0 unspecified atom stereocenters. The van der Waals surface area contributed by atoms with Crippen molar-refractivity contribution in [3.8, 4) is 11.5 Å². The number of carbonyl (C=O) groups excluding carboxylic acids is 2. The van der Waals surface area contributed by atoms with Gasteiger partial charge in [0.15, 0.2) is 12.7 Å². The van der Waals surface area contributed by atoms with Crippen LogP contribution in [0, 0.1) is 0 Å². The number of benzene rings is 2. The van der Waals surface area contributed by atoms with Crippen LogP contribution in [-0.2, 0) is 15.8 Å². The van der Waals surface area contributed by atoms with Crippen LogP contribution in [0.1, 0.15) is 5.56 Å². The highest BCUT2D eigenvalue weighted by Gasteiger charge is 2.33. The molecular formula is C19H17F3N2O4. The summed E-state index contributed by atoms with van der Waals surface area (Å²) in [5, 5.41) is 2.48. The van der Waals surface area contributed by atoms with Gasteiger partial charge in [-0.1, -0.05) is 12.1 Å². The molecule has 0 spiro atoms. The lowest BCUT2D eigenvalue weighted by atomic mass is 10.1. The molecule has 3 rings (SSSR count). The number of anilines is 1. The van der Waals surface area contributed by atoms with Crippen LogP contribution >= 0.6 is 0 Å². The fourth-order valence-corrected chi connectivity index (χ4v) is 2.73. The van der Waals surface area contributed by atoms with Gasteiger partial charge in [0, 0.05) is 7.05 Å². The lowest BCUT2D eigenvalue weighted by molar-refractivity contribution is -0.137. The minimum absolute atomic E-state index is 0.00804. The molecule has 28 heavy (non-hydrogen) atoms. The van der Waals surface area contributed by atoms with E-state index in [1.54, 1.807) is 24.3 Å². The number of amides is 2. The normalized spacial score (nSPS) is 16.0. The largest absolute Gasteiger partial charge is 0.484 e. The zero-order valence-corrected chi connectivity index (χ0v) is 14.8. The smallest absolute Gasteiger partial charge is 0.416 e. The molecule has 0 aromatic heterocycles. The predicted octanol–water partition coefficient (Wildman–Crippen LogP) is 2.62. The molecule has 1 heterocycles. The molecule has 1 atom stereocenters. The molecule has 0 fully saturated rings.